The van der Waals surface area contributed by atoms with E-state index in [2.05, 4.69) is 5.32 Å². The van der Waals surface area contributed by atoms with Crippen molar-refractivity contribution in [1.29, 1.82) is 0 Å². The monoisotopic (exact) mass is 387 g/mol. The van der Waals surface area contributed by atoms with Crippen LogP contribution in [0.2, 0.25) is 10.0 Å². The number of nitrogens with one attached hydrogen (secondary N) is 1. The number of hydroxylamine groups is 2. The van der Waals surface area contributed by atoms with E-state index in [4.69, 9.17) is 23.2 Å². The van der Waals surface area contributed by atoms with Gasteiger partial charge in [-0.2, -0.15) is 0 Å². The highest BCUT2D eigenvalue weighted by molar-refractivity contribution is 6.42. The Morgan fingerprint density at radius 3 is 2.64 bits per heavy atom. The molecule has 1 aliphatic heterocycles. The third-order valence-electron chi connectivity index (χ3n) is 4.08. The number of nitrogens with zero attached hydrogens (tertiary/aromatic N) is 2. The van der Waals surface area contributed by atoms with Crippen LogP contribution in [0, 0.1) is 0 Å². The molecule has 0 aliphatic carbocycles. The number of urea groups is 1. The van der Waals surface area contributed by atoms with Crippen molar-refractivity contribution >= 4 is 41.6 Å². The molecule has 1 heterocycles. The van der Waals surface area contributed by atoms with Gasteiger partial charge in [0, 0.05) is 0 Å². The van der Waals surface area contributed by atoms with Gasteiger partial charge in [0.15, 0.2) is 0 Å². The average Bonchev–Trinajstić information content (AvgIpc) is 2.80. The number of unbranched alkanes of at least 4 members (excludes halogenated alkanes) is 1. The molecule has 0 aromatic heterocycles. The number of carbonyl (C=O) groups excluding carboxylic acids is 3. The van der Waals surface area contributed by atoms with E-state index < -0.39 is 17.5 Å². The molecule has 1 saturated heterocycles. The van der Waals surface area contributed by atoms with Crippen molar-refractivity contribution in [3.8, 4) is 0 Å². The van der Waals surface area contributed by atoms with E-state index in [0.29, 0.717) is 33.5 Å². The fraction of sp³-hybridized carbons (Fsp3) is 0.438. The van der Waals surface area contributed by atoms with E-state index in [9.17, 15) is 19.6 Å². The van der Waals surface area contributed by atoms with Crippen LogP contribution in [0.1, 0.15) is 31.7 Å². The van der Waals surface area contributed by atoms with Crippen LogP contribution in [0.25, 0.3) is 0 Å². The molecule has 136 valence electrons. The van der Waals surface area contributed by atoms with Gasteiger partial charge in [0.05, 0.1) is 23.1 Å². The van der Waals surface area contributed by atoms with Crippen LogP contribution in [0.15, 0.2) is 18.2 Å². The van der Waals surface area contributed by atoms with Crippen LogP contribution in [0.3, 0.4) is 0 Å². The first-order chi connectivity index (χ1) is 11.8. The molecule has 0 bridgehead atoms. The zero-order valence-corrected chi connectivity index (χ0v) is 15.2. The molecule has 1 fully saturated rings. The predicted octanol–water partition coefficient (Wildman–Crippen LogP) is 2.82. The van der Waals surface area contributed by atoms with Crippen molar-refractivity contribution in [3.63, 3.8) is 0 Å². The summed E-state index contributed by atoms with van der Waals surface area (Å²) in [5.41, 5.74) is -0.695. The van der Waals surface area contributed by atoms with E-state index in [1.807, 2.05) is 6.92 Å². The van der Waals surface area contributed by atoms with Crippen molar-refractivity contribution in [2.24, 2.45) is 0 Å². The van der Waals surface area contributed by atoms with Gasteiger partial charge < -0.3 is 5.32 Å². The Morgan fingerprint density at radius 2 is 2.04 bits per heavy atom. The van der Waals surface area contributed by atoms with Crippen LogP contribution in [0.5, 0.6) is 0 Å². The number of benzene rings is 1. The summed E-state index contributed by atoms with van der Waals surface area (Å²) in [6.07, 6.45) is 1.97. The molecule has 2 rings (SSSR count). The minimum atomic E-state index is -1.33. The van der Waals surface area contributed by atoms with Crippen LogP contribution in [-0.4, -0.2) is 45.6 Å². The van der Waals surface area contributed by atoms with Gasteiger partial charge in [-0.05, 0) is 24.1 Å². The summed E-state index contributed by atoms with van der Waals surface area (Å²) < 4.78 is 0. The molecule has 4 amide bonds. The van der Waals surface area contributed by atoms with Gasteiger partial charge in [0.2, 0.25) is 6.41 Å². The first-order valence-corrected chi connectivity index (χ1v) is 8.57. The third kappa shape index (κ3) is 4.23. The predicted molar refractivity (Wildman–Crippen MR) is 92.4 cm³/mol. The number of halogens is 2. The molecule has 1 aromatic rings. The lowest BCUT2D eigenvalue weighted by molar-refractivity contribution is -0.157. The lowest BCUT2D eigenvalue weighted by atomic mass is 9.92. The van der Waals surface area contributed by atoms with E-state index in [0.717, 1.165) is 11.3 Å². The number of hydrogen-bond donors (Lipinski definition) is 2. The van der Waals surface area contributed by atoms with Crippen LogP contribution in [-0.2, 0) is 16.1 Å². The van der Waals surface area contributed by atoms with Crippen LogP contribution in [0.4, 0.5) is 4.79 Å². The van der Waals surface area contributed by atoms with Crippen LogP contribution >= 0.6 is 23.2 Å². The summed E-state index contributed by atoms with van der Waals surface area (Å²) >= 11 is 11.8. The first kappa shape index (κ1) is 19.5. The zero-order valence-electron chi connectivity index (χ0n) is 13.7. The van der Waals surface area contributed by atoms with Gasteiger partial charge in [-0.25, -0.2) is 9.86 Å². The second kappa shape index (κ2) is 8.03. The molecule has 7 nitrogen and oxygen atoms in total. The fourth-order valence-corrected chi connectivity index (χ4v) is 3.11. The van der Waals surface area contributed by atoms with Gasteiger partial charge in [-0.3, -0.25) is 19.7 Å². The minimum Gasteiger partial charge on any atom is -0.321 e. The lowest BCUT2D eigenvalue weighted by Crippen LogP contribution is -2.54. The Balaban J connectivity index is 2.25. The number of hydrogen-bond acceptors (Lipinski definition) is 4. The average molecular weight is 388 g/mol. The SMILES string of the molecule is CCCC[C@@]1(CN(O)C=O)NC(=O)N(Cc2ccc(Cl)c(Cl)c2)C1=O. The molecule has 0 unspecified atom stereocenters. The second-order valence-electron chi connectivity index (χ2n) is 5.96. The normalized spacial score (nSPS) is 19.9. The summed E-state index contributed by atoms with van der Waals surface area (Å²) in [5, 5.41) is 13.2. The number of carbonyl (C=O) groups is 3. The topological polar surface area (TPSA) is 89.9 Å². The summed E-state index contributed by atoms with van der Waals surface area (Å²) in [5.74, 6) is -0.488. The third-order valence-corrected chi connectivity index (χ3v) is 4.82. The molecule has 2 N–H and O–H groups in total. The van der Waals surface area contributed by atoms with E-state index in [1.54, 1.807) is 18.2 Å². The van der Waals surface area contributed by atoms with Gasteiger partial charge in [-0.1, -0.05) is 49.0 Å². The van der Waals surface area contributed by atoms with E-state index in [1.165, 1.54) is 0 Å². The van der Waals surface area contributed by atoms with E-state index >= 15 is 0 Å². The summed E-state index contributed by atoms with van der Waals surface area (Å²) in [6, 6.07) is 4.26. The van der Waals surface area contributed by atoms with E-state index in [-0.39, 0.29) is 19.5 Å². The summed E-state index contributed by atoms with van der Waals surface area (Å²) in [4.78, 5) is 37.0. The van der Waals surface area contributed by atoms with Gasteiger partial charge in [0.1, 0.15) is 5.54 Å². The molecular formula is C16H19Cl2N3O4. The highest BCUT2D eigenvalue weighted by atomic mass is 35.5. The molecule has 25 heavy (non-hydrogen) atoms. The van der Waals surface area contributed by atoms with Crippen molar-refractivity contribution < 1.29 is 19.6 Å². The van der Waals surface area contributed by atoms with Gasteiger partial charge in [-0.15, -0.1) is 0 Å². The standard InChI is InChI=1S/C16H19Cl2N3O4/c1-2-3-6-16(9-20(25)10-22)14(23)21(15(24)19-16)8-11-4-5-12(17)13(18)7-11/h4-5,7,10,25H,2-3,6,8-9H2,1H3,(H,19,24)/t16-/m0/s1. The Morgan fingerprint density at radius 1 is 1.32 bits per heavy atom. The summed E-state index contributed by atoms with van der Waals surface area (Å²) in [6.45, 7) is 1.65. The highest BCUT2D eigenvalue weighted by Gasteiger charge is 2.51. The Labute approximate surface area is 155 Å². The van der Waals surface area contributed by atoms with Gasteiger partial charge in [0.25, 0.3) is 5.91 Å². The molecule has 9 heteroatoms. The van der Waals surface area contributed by atoms with Gasteiger partial charge >= 0.3 is 6.03 Å². The number of rotatable bonds is 8. The number of imide groups is 1. The first-order valence-electron chi connectivity index (χ1n) is 7.82. The largest absolute Gasteiger partial charge is 0.325 e. The molecule has 1 aromatic carbocycles. The maximum absolute atomic E-state index is 12.9. The molecule has 0 radical (unpaired) electrons. The number of amides is 4. The Kier molecular flexibility index (Phi) is 6.26. The molecule has 0 spiro atoms. The van der Waals surface area contributed by atoms with Crippen molar-refractivity contribution in [2.45, 2.75) is 38.3 Å². The quantitative estimate of drug-likeness (QED) is 0.310. The van der Waals surface area contributed by atoms with Crippen molar-refractivity contribution in [3.05, 3.63) is 33.8 Å². The lowest BCUT2D eigenvalue weighted by Gasteiger charge is -2.28. The minimum absolute atomic E-state index is 0.0158. The Hall–Kier alpha value is -1.83. The maximum atomic E-state index is 12.9. The molecular weight excluding hydrogens is 369 g/mol. The zero-order chi connectivity index (χ0) is 18.6. The van der Waals surface area contributed by atoms with Crippen molar-refractivity contribution in [2.75, 3.05) is 6.54 Å². The molecule has 0 saturated carbocycles. The van der Waals surface area contributed by atoms with Crippen molar-refractivity contribution in [1.82, 2.24) is 15.3 Å². The Bertz CT molecular complexity index is 685. The maximum Gasteiger partial charge on any atom is 0.325 e. The smallest absolute Gasteiger partial charge is 0.321 e. The fourth-order valence-electron chi connectivity index (χ4n) is 2.79. The molecule has 1 atom stereocenters. The van der Waals surface area contributed by atoms with Crippen LogP contribution < -0.4 is 5.32 Å². The highest BCUT2D eigenvalue weighted by Crippen LogP contribution is 2.28. The molecule has 1 aliphatic rings. The second-order valence-corrected chi connectivity index (χ2v) is 6.77. The summed E-state index contributed by atoms with van der Waals surface area (Å²) in [7, 11) is 0.